The molecule has 0 aliphatic rings. The quantitative estimate of drug-likeness (QED) is 0.762. The number of thioether (sulfide) groups is 1. The molecule has 0 saturated heterocycles. The first-order valence-electron chi connectivity index (χ1n) is 7.37. The first-order valence-corrected chi connectivity index (χ1v) is 8.76. The van der Waals surface area contributed by atoms with Gasteiger partial charge in [-0.15, -0.1) is 0 Å². The normalized spacial score (nSPS) is 12.6. The number of hydrogen-bond donors (Lipinski definition) is 2. The highest BCUT2D eigenvalue weighted by atomic mass is 32.2. The number of nitrogens with one attached hydrogen (secondary N) is 2. The largest absolute Gasteiger partial charge is 0.370 e. The van der Waals surface area contributed by atoms with Gasteiger partial charge in [0.25, 0.3) is 0 Å². The molecule has 0 saturated carbocycles. The molecule has 0 aliphatic heterocycles. The number of anilines is 2. The fourth-order valence-corrected chi connectivity index (χ4v) is 2.46. The Kier molecular flexibility index (Phi) is 7.13. The second kappa shape index (κ2) is 8.35. The fourth-order valence-electron chi connectivity index (χ4n) is 1.87. The van der Waals surface area contributed by atoms with Gasteiger partial charge < -0.3 is 10.6 Å². The van der Waals surface area contributed by atoms with Crippen LogP contribution in [0.2, 0.25) is 0 Å². The summed E-state index contributed by atoms with van der Waals surface area (Å²) in [5, 5.41) is 6.92. The van der Waals surface area contributed by atoms with E-state index in [1.807, 2.05) is 11.8 Å². The van der Waals surface area contributed by atoms with E-state index in [4.69, 9.17) is 4.98 Å². The van der Waals surface area contributed by atoms with Gasteiger partial charge in [-0.3, -0.25) is 0 Å². The molecule has 0 aromatic carbocycles. The van der Waals surface area contributed by atoms with Crippen LogP contribution in [0.1, 0.15) is 51.4 Å². The maximum atomic E-state index is 4.69. The lowest BCUT2D eigenvalue weighted by molar-refractivity contribution is 0.766. The maximum Gasteiger partial charge on any atom is 0.135 e. The highest BCUT2D eigenvalue weighted by Gasteiger charge is 2.14. The van der Waals surface area contributed by atoms with Crippen LogP contribution in [0.3, 0.4) is 0 Å². The zero-order chi connectivity index (χ0) is 15.1. The lowest BCUT2D eigenvalue weighted by Gasteiger charge is -2.19. The summed E-state index contributed by atoms with van der Waals surface area (Å²) in [6.07, 6.45) is 3.21. The van der Waals surface area contributed by atoms with Gasteiger partial charge in [-0.1, -0.05) is 20.8 Å². The first-order chi connectivity index (χ1) is 9.49. The van der Waals surface area contributed by atoms with Gasteiger partial charge in [-0.05, 0) is 26.5 Å². The van der Waals surface area contributed by atoms with Crippen molar-refractivity contribution in [2.75, 3.05) is 29.2 Å². The standard InChI is InChI=1S/C15H28N4S/c1-7-8-16-14-12(5)15(17-11(4)9-20-6)19-13(18-14)10(2)3/h10-11H,7-9H2,1-6H3,(H2,16,17,18,19). The van der Waals surface area contributed by atoms with Crippen LogP contribution in [-0.4, -0.2) is 34.6 Å². The molecule has 20 heavy (non-hydrogen) atoms. The molecule has 0 bridgehead atoms. The smallest absolute Gasteiger partial charge is 0.135 e. The molecule has 1 rings (SSSR count). The number of hydrogen-bond acceptors (Lipinski definition) is 5. The molecular weight excluding hydrogens is 268 g/mol. The molecule has 1 atom stereocenters. The highest BCUT2D eigenvalue weighted by Crippen LogP contribution is 2.24. The van der Waals surface area contributed by atoms with Crippen LogP contribution in [0, 0.1) is 6.92 Å². The summed E-state index contributed by atoms with van der Waals surface area (Å²) in [5.74, 6) is 4.22. The number of rotatable bonds is 8. The first kappa shape index (κ1) is 17.1. The summed E-state index contributed by atoms with van der Waals surface area (Å²) in [6, 6.07) is 0.401. The van der Waals surface area contributed by atoms with Crippen molar-refractivity contribution in [3.63, 3.8) is 0 Å². The van der Waals surface area contributed by atoms with E-state index < -0.39 is 0 Å². The van der Waals surface area contributed by atoms with E-state index >= 15 is 0 Å². The summed E-state index contributed by atoms with van der Waals surface area (Å²) in [4.78, 5) is 9.35. The van der Waals surface area contributed by atoms with Gasteiger partial charge in [0.2, 0.25) is 0 Å². The van der Waals surface area contributed by atoms with Crippen LogP contribution in [-0.2, 0) is 0 Å². The van der Waals surface area contributed by atoms with E-state index in [-0.39, 0.29) is 0 Å². The van der Waals surface area contributed by atoms with Crippen molar-refractivity contribution < 1.29 is 0 Å². The second-order valence-electron chi connectivity index (χ2n) is 5.49. The Morgan fingerprint density at radius 2 is 1.80 bits per heavy atom. The van der Waals surface area contributed by atoms with Crippen molar-refractivity contribution >= 4 is 23.4 Å². The van der Waals surface area contributed by atoms with Crippen LogP contribution in [0.15, 0.2) is 0 Å². The lowest BCUT2D eigenvalue weighted by Crippen LogP contribution is -2.21. The van der Waals surface area contributed by atoms with Crippen molar-refractivity contribution in [1.29, 1.82) is 0 Å². The van der Waals surface area contributed by atoms with Crippen molar-refractivity contribution in [2.24, 2.45) is 0 Å². The molecular formula is C15H28N4S. The zero-order valence-electron chi connectivity index (χ0n) is 13.6. The third-order valence-corrected chi connectivity index (χ3v) is 3.86. The SMILES string of the molecule is CCCNc1nc(C(C)C)nc(NC(C)CSC)c1C. The summed E-state index contributed by atoms with van der Waals surface area (Å²) in [7, 11) is 0. The Morgan fingerprint density at radius 1 is 1.15 bits per heavy atom. The van der Waals surface area contributed by atoms with E-state index in [2.05, 4.69) is 56.5 Å². The Hall–Kier alpha value is -0.970. The van der Waals surface area contributed by atoms with E-state index in [0.717, 1.165) is 41.7 Å². The van der Waals surface area contributed by atoms with E-state index in [9.17, 15) is 0 Å². The third kappa shape index (κ3) is 4.85. The molecule has 0 spiro atoms. The molecule has 5 heteroatoms. The average Bonchev–Trinajstić information content (AvgIpc) is 2.39. The van der Waals surface area contributed by atoms with Crippen molar-refractivity contribution in [3.8, 4) is 0 Å². The summed E-state index contributed by atoms with van der Waals surface area (Å²) in [5.41, 5.74) is 1.11. The van der Waals surface area contributed by atoms with Crippen molar-refractivity contribution in [3.05, 3.63) is 11.4 Å². The van der Waals surface area contributed by atoms with Crippen LogP contribution in [0.25, 0.3) is 0 Å². The molecule has 0 fully saturated rings. The van der Waals surface area contributed by atoms with E-state index in [0.29, 0.717) is 12.0 Å². The third-order valence-electron chi connectivity index (χ3n) is 3.02. The predicted molar refractivity (Wildman–Crippen MR) is 91.1 cm³/mol. The Bertz CT molecular complexity index is 421. The summed E-state index contributed by atoms with van der Waals surface area (Å²) >= 11 is 1.84. The minimum Gasteiger partial charge on any atom is -0.370 e. The van der Waals surface area contributed by atoms with Gasteiger partial charge in [0, 0.05) is 29.8 Å². The van der Waals surface area contributed by atoms with Gasteiger partial charge in [-0.2, -0.15) is 11.8 Å². The van der Waals surface area contributed by atoms with Gasteiger partial charge >= 0.3 is 0 Å². The minimum absolute atomic E-state index is 0.328. The summed E-state index contributed by atoms with van der Waals surface area (Å²) < 4.78 is 0. The maximum absolute atomic E-state index is 4.69. The monoisotopic (exact) mass is 296 g/mol. The summed E-state index contributed by atoms with van der Waals surface area (Å²) in [6.45, 7) is 11.6. The average molecular weight is 296 g/mol. The second-order valence-corrected chi connectivity index (χ2v) is 6.40. The highest BCUT2D eigenvalue weighted by molar-refractivity contribution is 7.98. The molecule has 1 unspecified atom stereocenters. The number of aromatic nitrogens is 2. The fraction of sp³-hybridized carbons (Fsp3) is 0.733. The molecule has 2 N–H and O–H groups in total. The molecule has 114 valence electrons. The van der Waals surface area contributed by atoms with Crippen LogP contribution in [0.4, 0.5) is 11.6 Å². The Balaban J connectivity index is 3.03. The molecule has 0 aliphatic carbocycles. The van der Waals surface area contributed by atoms with Crippen LogP contribution in [0.5, 0.6) is 0 Å². The van der Waals surface area contributed by atoms with Gasteiger partial charge in [0.1, 0.15) is 17.5 Å². The molecule has 1 aromatic heterocycles. The Labute approximate surface area is 127 Å². The van der Waals surface area contributed by atoms with E-state index in [1.54, 1.807) is 0 Å². The molecule has 0 radical (unpaired) electrons. The topological polar surface area (TPSA) is 49.8 Å². The van der Waals surface area contributed by atoms with Crippen molar-refractivity contribution in [1.82, 2.24) is 9.97 Å². The molecule has 1 aromatic rings. The Morgan fingerprint density at radius 3 is 2.35 bits per heavy atom. The zero-order valence-corrected chi connectivity index (χ0v) is 14.4. The van der Waals surface area contributed by atoms with Crippen molar-refractivity contribution in [2.45, 2.75) is 53.0 Å². The predicted octanol–water partition coefficient (Wildman–Crippen LogP) is 3.89. The van der Waals surface area contributed by atoms with Crippen LogP contribution < -0.4 is 10.6 Å². The van der Waals surface area contributed by atoms with E-state index in [1.165, 1.54) is 0 Å². The lowest BCUT2D eigenvalue weighted by atomic mass is 10.2. The van der Waals surface area contributed by atoms with Gasteiger partial charge in [0.15, 0.2) is 0 Å². The minimum atomic E-state index is 0.328. The molecule has 4 nitrogen and oxygen atoms in total. The van der Waals surface area contributed by atoms with Crippen LogP contribution >= 0.6 is 11.8 Å². The van der Waals surface area contributed by atoms with Gasteiger partial charge in [0.05, 0.1) is 0 Å². The molecule has 0 amide bonds. The van der Waals surface area contributed by atoms with Gasteiger partial charge in [-0.25, -0.2) is 9.97 Å². The molecule has 1 heterocycles. The number of nitrogens with zero attached hydrogens (tertiary/aromatic N) is 2.